The Bertz CT molecular complexity index is 861. The van der Waals surface area contributed by atoms with Gasteiger partial charge in [-0.15, -0.1) is 0 Å². The van der Waals surface area contributed by atoms with Gasteiger partial charge in [0.2, 0.25) is 0 Å². The third kappa shape index (κ3) is 2.66. The SMILES string of the molecule is CC1=CC(=O)C=C(C)C1=NC(=O)c1ccc2ccccc2c1. The zero-order chi connectivity index (χ0) is 15.7. The molecule has 0 fully saturated rings. The molecule has 0 heterocycles. The first kappa shape index (κ1) is 14.1. The number of allylic oxidation sites excluding steroid dienone is 4. The number of nitrogens with zero attached hydrogens (tertiary/aromatic N) is 1. The van der Waals surface area contributed by atoms with E-state index in [0.29, 0.717) is 11.3 Å². The van der Waals surface area contributed by atoms with Gasteiger partial charge in [-0.1, -0.05) is 30.3 Å². The second-order valence-corrected chi connectivity index (χ2v) is 5.38. The van der Waals surface area contributed by atoms with E-state index in [1.54, 1.807) is 19.9 Å². The molecule has 0 spiro atoms. The average molecular weight is 289 g/mol. The summed E-state index contributed by atoms with van der Waals surface area (Å²) >= 11 is 0. The maximum atomic E-state index is 12.4. The first-order chi connectivity index (χ1) is 10.5. The van der Waals surface area contributed by atoms with Crippen molar-refractivity contribution in [3.05, 3.63) is 71.3 Å². The van der Waals surface area contributed by atoms with Gasteiger partial charge < -0.3 is 0 Å². The lowest BCUT2D eigenvalue weighted by Crippen LogP contribution is -2.13. The van der Waals surface area contributed by atoms with E-state index in [-0.39, 0.29) is 11.7 Å². The van der Waals surface area contributed by atoms with Crippen LogP contribution in [0.15, 0.2) is 70.8 Å². The molecule has 0 aromatic heterocycles. The van der Waals surface area contributed by atoms with Crippen LogP contribution in [0, 0.1) is 0 Å². The Morgan fingerprint density at radius 3 is 2.23 bits per heavy atom. The minimum absolute atomic E-state index is 0.0629. The number of fused-ring (bicyclic) bond motifs is 1. The molecule has 0 saturated carbocycles. The molecule has 0 bridgehead atoms. The first-order valence-corrected chi connectivity index (χ1v) is 7.08. The zero-order valence-electron chi connectivity index (χ0n) is 12.5. The van der Waals surface area contributed by atoms with Crippen LogP contribution in [0.2, 0.25) is 0 Å². The highest BCUT2D eigenvalue weighted by molar-refractivity contribution is 6.25. The van der Waals surface area contributed by atoms with Crippen LogP contribution in [0.25, 0.3) is 10.8 Å². The minimum Gasteiger partial charge on any atom is -0.290 e. The van der Waals surface area contributed by atoms with Crippen LogP contribution in [-0.2, 0) is 4.79 Å². The summed E-state index contributed by atoms with van der Waals surface area (Å²) in [7, 11) is 0. The Balaban J connectivity index is 1.99. The summed E-state index contributed by atoms with van der Waals surface area (Å²) in [5.41, 5.74) is 2.57. The van der Waals surface area contributed by atoms with Gasteiger partial charge in [0.1, 0.15) is 0 Å². The Hall–Kier alpha value is -2.81. The van der Waals surface area contributed by atoms with Crippen molar-refractivity contribution in [1.82, 2.24) is 0 Å². The summed E-state index contributed by atoms with van der Waals surface area (Å²) < 4.78 is 0. The highest BCUT2D eigenvalue weighted by Gasteiger charge is 2.15. The van der Waals surface area contributed by atoms with E-state index in [4.69, 9.17) is 0 Å². The average Bonchev–Trinajstić information content (AvgIpc) is 2.50. The van der Waals surface area contributed by atoms with Crippen LogP contribution in [-0.4, -0.2) is 17.4 Å². The van der Waals surface area contributed by atoms with Crippen molar-refractivity contribution in [3.63, 3.8) is 0 Å². The Morgan fingerprint density at radius 1 is 0.909 bits per heavy atom. The van der Waals surface area contributed by atoms with E-state index in [0.717, 1.165) is 21.9 Å². The van der Waals surface area contributed by atoms with Crippen molar-refractivity contribution in [2.75, 3.05) is 0 Å². The predicted molar refractivity (Wildman–Crippen MR) is 88.2 cm³/mol. The predicted octanol–water partition coefficient (Wildman–Crippen LogP) is 3.90. The summed E-state index contributed by atoms with van der Waals surface area (Å²) in [6.45, 7) is 3.59. The molecule has 0 unspecified atom stereocenters. The van der Waals surface area contributed by atoms with Crippen molar-refractivity contribution in [2.45, 2.75) is 13.8 Å². The van der Waals surface area contributed by atoms with E-state index in [2.05, 4.69) is 4.99 Å². The lowest BCUT2D eigenvalue weighted by Gasteiger charge is -2.11. The van der Waals surface area contributed by atoms with Crippen LogP contribution in [0.1, 0.15) is 24.2 Å². The molecule has 3 rings (SSSR count). The van der Waals surface area contributed by atoms with Gasteiger partial charge in [-0.2, -0.15) is 0 Å². The van der Waals surface area contributed by atoms with E-state index in [1.165, 1.54) is 12.2 Å². The third-order valence-electron chi connectivity index (χ3n) is 3.67. The normalized spacial score (nSPS) is 14.6. The van der Waals surface area contributed by atoms with Crippen LogP contribution < -0.4 is 0 Å². The fraction of sp³-hybridized carbons (Fsp3) is 0.105. The van der Waals surface area contributed by atoms with E-state index >= 15 is 0 Å². The Morgan fingerprint density at radius 2 is 1.55 bits per heavy atom. The number of carbonyl (C=O) groups excluding carboxylic acids is 2. The fourth-order valence-corrected chi connectivity index (χ4v) is 2.58. The quantitative estimate of drug-likeness (QED) is 0.747. The molecule has 2 aromatic rings. The van der Waals surface area contributed by atoms with E-state index < -0.39 is 0 Å². The topological polar surface area (TPSA) is 46.5 Å². The maximum absolute atomic E-state index is 12.4. The highest BCUT2D eigenvalue weighted by atomic mass is 16.1. The van der Waals surface area contributed by atoms with Gasteiger partial charge in [0.05, 0.1) is 5.71 Å². The number of amides is 1. The molecule has 2 aromatic carbocycles. The molecule has 0 saturated heterocycles. The van der Waals surface area contributed by atoms with Crippen molar-refractivity contribution in [1.29, 1.82) is 0 Å². The standard InChI is InChI=1S/C19H15NO2/c1-12-9-17(21)10-13(2)18(12)20-19(22)16-8-7-14-5-3-4-6-15(14)11-16/h3-11H,1-2H3. The molecule has 3 nitrogen and oxygen atoms in total. The van der Waals surface area contributed by atoms with Crippen molar-refractivity contribution >= 4 is 28.2 Å². The smallest absolute Gasteiger partial charge is 0.277 e. The van der Waals surface area contributed by atoms with Crippen LogP contribution in [0.5, 0.6) is 0 Å². The summed E-state index contributed by atoms with van der Waals surface area (Å²) in [6, 6.07) is 13.4. The molecule has 0 N–H and O–H groups in total. The number of carbonyl (C=O) groups is 2. The van der Waals surface area contributed by atoms with Gasteiger partial charge in [0.15, 0.2) is 5.78 Å². The lowest BCUT2D eigenvalue weighted by atomic mass is 9.97. The molecule has 22 heavy (non-hydrogen) atoms. The number of benzene rings is 2. The second kappa shape index (κ2) is 5.53. The van der Waals surface area contributed by atoms with Gasteiger partial charge in [0, 0.05) is 5.56 Å². The third-order valence-corrected chi connectivity index (χ3v) is 3.67. The number of hydrogen-bond acceptors (Lipinski definition) is 2. The monoisotopic (exact) mass is 289 g/mol. The van der Waals surface area contributed by atoms with Gasteiger partial charge in [-0.25, -0.2) is 4.99 Å². The van der Waals surface area contributed by atoms with Crippen LogP contribution in [0.4, 0.5) is 0 Å². The Kier molecular flexibility index (Phi) is 3.55. The largest absolute Gasteiger partial charge is 0.290 e. The highest BCUT2D eigenvalue weighted by Crippen LogP contribution is 2.18. The molecule has 1 aliphatic rings. The Labute approximate surface area is 128 Å². The maximum Gasteiger partial charge on any atom is 0.277 e. The van der Waals surface area contributed by atoms with Gasteiger partial charge in [-0.3, -0.25) is 9.59 Å². The van der Waals surface area contributed by atoms with Crippen molar-refractivity contribution < 1.29 is 9.59 Å². The first-order valence-electron chi connectivity index (χ1n) is 7.08. The second-order valence-electron chi connectivity index (χ2n) is 5.38. The lowest BCUT2D eigenvalue weighted by molar-refractivity contribution is -0.110. The van der Waals surface area contributed by atoms with Crippen LogP contribution >= 0.6 is 0 Å². The molecule has 108 valence electrons. The van der Waals surface area contributed by atoms with Gasteiger partial charge in [0.25, 0.3) is 5.91 Å². The summed E-state index contributed by atoms with van der Waals surface area (Å²) in [5.74, 6) is -0.359. The van der Waals surface area contributed by atoms with Crippen LogP contribution in [0.3, 0.4) is 0 Å². The number of rotatable bonds is 1. The number of aliphatic imine (C=N–C) groups is 1. The molecule has 1 amide bonds. The molecule has 3 heteroatoms. The van der Waals surface area contributed by atoms with E-state index in [1.807, 2.05) is 36.4 Å². The molecule has 0 radical (unpaired) electrons. The summed E-state index contributed by atoms with van der Waals surface area (Å²) in [6.07, 6.45) is 3.00. The van der Waals surface area contributed by atoms with Gasteiger partial charge >= 0.3 is 0 Å². The zero-order valence-corrected chi connectivity index (χ0v) is 12.5. The van der Waals surface area contributed by atoms with Crippen molar-refractivity contribution in [3.8, 4) is 0 Å². The molecular weight excluding hydrogens is 274 g/mol. The minimum atomic E-state index is -0.296. The number of hydrogen-bond donors (Lipinski definition) is 0. The number of ketones is 1. The van der Waals surface area contributed by atoms with Crippen molar-refractivity contribution in [2.24, 2.45) is 4.99 Å². The molecular formula is C19H15NO2. The molecule has 0 atom stereocenters. The summed E-state index contributed by atoms with van der Waals surface area (Å²) in [4.78, 5) is 28.0. The fourth-order valence-electron chi connectivity index (χ4n) is 2.58. The molecule has 1 aliphatic carbocycles. The van der Waals surface area contributed by atoms with Gasteiger partial charge in [-0.05, 0) is 60.1 Å². The molecule has 0 aliphatic heterocycles. The summed E-state index contributed by atoms with van der Waals surface area (Å²) in [5, 5.41) is 2.09. The van der Waals surface area contributed by atoms with E-state index in [9.17, 15) is 9.59 Å².